The number of carboxylic acid groups (broad SMARTS) is 1. The highest BCUT2D eigenvalue weighted by molar-refractivity contribution is 5.91. The number of pyridine rings is 1. The number of aromatic nitrogens is 1. The maximum atomic E-state index is 10.6. The van der Waals surface area contributed by atoms with Gasteiger partial charge >= 0.3 is 11.9 Å². The number of ether oxygens (including phenoxy) is 1. The summed E-state index contributed by atoms with van der Waals surface area (Å²) in [5.41, 5.74) is 1.72. The largest absolute Gasteiger partial charge is 0.506 e. The van der Waals surface area contributed by atoms with Gasteiger partial charge in [0.2, 0.25) is 0 Å². The van der Waals surface area contributed by atoms with Crippen LogP contribution in [0.5, 0.6) is 11.5 Å². The Bertz CT molecular complexity index is 697. The van der Waals surface area contributed by atoms with Crippen LogP contribution in [0.4, 0.5) is 0 Å². The Morgan fingerprint density at radius 2 is 1.83 bits per heavy atom. The maximum absolute atomic E-state index is 10.6. The van der Waals surface area contributed by atoms with Gasteiger partial charge in [0.15, 0.2) is 0 Å². The first-order chi connectivity index (χ1) is 10.8. The standard InChI is InChI=1S/C9H8O4.C8H11NO/c1-6(10)13-8-5-3-2-4-7(8)9(11)12;1-3-7-8(10)5-4-6(2)9-7/h2-5H,1H3,(H,11,12);4-5,10H,3H2,1-2H3. The molecule has 0 unspecified atom stereocenters. The molecule has 1 aromatic heterocycles. The summed E-state index contributed by atoms with van der Waals surface area (Å²) in [5, 5.41) is 17.9. The molecule has 6 nitrogen and oxygen atoms in total. The molecular weight excluding hydrogens is 298 g/mol. The van der Waals surface area contributed by atoms with Crippen molar-refractivity contribution in [1.82, 2.24) is 4.98 Å². The van der Waals surface area contributed by atoms with E-state index in [1.807, 2.05) is 13.8 Å². The second-order valence-electron chi connectivity index (χ2n) is 4.67. The lowest BCUT2D eigenvalue weighted by Gasteiger charge is -2.03. The molecule has 2 rings (SSSR count). The zero-order valence-electron chi connectivity index (χ0n) is 13.2. The fraction of sp³-hybridized carbons (Fsp3) is 0.235. The van der Waals surface area contributed by atoms with Crippen molar-refractivity contribution in [2.45, 2.75) is 27.2 Å². The highest BCUT2D eigenvalue weighted by Crippen LogP contribution is 2.17. The van der Waals surface area contributed by atoms with Crippen molar-refractivity contribution >= 4 is 11.9 Å². The predicted octanol–water partition coefficient (Wildman–Crippen LogP) is 2.97. The number of aromatic carboxylic acids is 1. The Balaban J connectivity index is 0.000000238. The van der Waals surface area contributed by atoms with E-state index in [9.17, 15) is 14.7 Å². The van der Waals surface area contributed by atoms with E-state index in [4.69, 9.17) is 5.11 Å². The molecule has 0 fully saturated rings. The molecular formula is C17H19NO5. The van der Waals surface area contributed by atoms with Gasteiger partial charge in [0, 0.05) is 12.6 Å². The van der Waals surface area contributed by atoms with Crippen LogP contribution in [0.2, 0.25) is 0 Å². The molecule has 0 radical (unpaired) electrons. The van der Waals surface area contributed by atoms with Crippen LogP contribution in [0.1, 0.15) is 35.6 Å². The Kier molecular flexibility index (Phi) is 6.73. The van der Waals surface area contributed by atoms with Crippen LogP contribution in [0.3, 0.4) is 0 Å². The number of nitrogens with zero attached hydrogens (tertiary/aromatic N) is 1. The molecule has 0 aliphatic heterocycles. The number of aromatic hydroxyl groups is 1. The monoisotopic (exact) mass is 317 g/mol. The van der Waals surface area contributed by atoms with Gasteiger partial charge < -0.3 is 14.9 Å². The topological polar surface area (TPSA) is 96.7 Å². The number of benzene rings is 1. The second-order valence-corrected chi connectivity index (χ2v) is 4.67. The van der Waals surface area contributed by atoms with Gasteiger partial charge in [-0.2, -0.15) is 0 Å². The van der Waals surface area contributed by atoms with Crippen LogP contribution in [0, 0.1) is 6.92 Å². The Labute approximate surface area is 134 Å². The minimum absolute atomic E-state index is 0.0160. The molecule has 2 aromatic rings. The van der Waals surface area contributed by atoms with Crippen molar-refractivity contribution in [3.63, 3.8) is 0 Å². The van der Waals surface area contributed by atoms with Gasteiger partial charge in [0.05, 0.1) is 5.69 Å². The fourth-order valence-corrected chi connectivity index (χ4v) is 1.75. The number of carboxylic acids is 1. The van der Waals surface area contributed by atoms with Crippen molar-refractivity contribution in [2.24, 2.45) is 0 Å². The van der Waals surface area contributed by atoms with Crippen LogP contribution in [0.15, 0.2) is 36.4 Å². The SMILES string of the molecule is CC(=O)Oc1ccccc1C(=O)O.CCc1nc(C)ccc1O. The van der Waals surface area contributed by atoms with E-state index in [2.05, 4.69) is 9.72 Å². The summed E-state index contributed by atoms with van der Waals surface area (Å²) in [6.07, 6.45) is 0.785. The van der Waals surface area contributed by atoms with Gasteiger partial charge in [-0.3, -0.25) is 9.78 Å². The average Bonchev–Trinajstić information content (AvgIpc) is 2.50. The lowest BCUT2D eigenvalue weighted by atomic mass is 10.2. The lowest BCUT2D eigenvalue weighted by molar-refractivity contribution is -0.131. The van der Waals surface area contributed by atoms with Gasteiger partial charge in [0.25, 0.3) is 0 Å². The highest BCUT2D eigenvalue weighted by atomic mass is 16.5. The van der Waals surface area contributed by atoms with E-state index in [1.54, 1.807) is 24.3 Å². The van der Waals surface area contributed by atoms with Gasteiger partial charge in [-0.25, -0.2) is 4.79 Å². The van der Waals surface area contributed by atoms with Crippen molar-refractivity contribution in [3.05, 3.63) is 53.3 Å². The van der Waals surface area contributed by atoms with Crippen molar-refractivity contribution < 1.29 is 24.5 Å². The second kappa shape index (κ2) is 8.53. The zero-order valence-corrected chi connectivity index (χ0v) is 13.2. The summed E-state index contributed by atoms with van der Waals surface area (Å²) >= 11 is 0. The first-order valence-electron chi connectivity index (χ1n) is 7.01. The third-order valence-corrected chi connectivity index (χ3v) is 2.80. The zero-order chi connectivity index (χ0) is 17.4. The van der Waals surface area contributed by atoms with E-state index in [0.29, 0.717) is 5.75 Å². The summed E-state index contributed by atoms with van der Waals surface area (Å²) < 4.78 is 4.69. The summed E-state index contributed by atoms with van der Waals surface area (Å²) in [4.78, 5) is 25.3. The van der Waals surface area contributed by atoms with Gasteiger partial charge in [-0.15, -0.1) is 0 Å². The quantitative estimate of drug-likeness (QED) is 0.667. The van der Waals surface area contributed by atoms with Crippen LogP contribution in [0.25, 0.3) is 0 Å². The molecule has 0 bridgehead atoms. The fourth-order valence-electron chi connectivity index (χ4n) is 1.75. The van der Waals surface area contributed by atoms with Crippen molar-refractivity contribution in [3.8, 4) is 11.5 Å². The average molecular weight is 317 g/mol. The number of carbonyl (C=O) groups is 2. The van der Waals surface area contributed by atoms with Crippen molar-refractivity contribution in [1.29, 1.82) is 0 Å². The predicted molar refractivity (Wildman–Crippen MR) is 84.7 cm³/mol. The molecule has 6 heteroatoms. The normalized spacial score (nSPS) is 9.52. The third kappa shape index (κ3) is 5.78. The molecule has 0 aliphatic carbocycles. The summed E-state index contributed by atoms with van der Waals surface area (Å²) in [6.45, 7) is 5.11. The third-order valence-electron chi connectivity index (χ3n) is 2.80. The molecule has 0 atom stereocenters. The number of para-hydroxylation sites is 1. The Hall–Kier alpha value is -2.89. The number of hydrogen-bond donors (Lipinski definition) is 2. The Morgan fingerprint density at radius 3 is 2.35 bits per heavy atom. The Morgan fingerprint density at radius 1 is 1.17 bits per heavy atom. The molecule has 0 aliphatic rings. The smallest absolute Gasteiger partial charge is 0.339 e. The summed E-state index contributed by atoms with van der Waals surface area (Å²) in [7, 11) is 0. The van der Waals surface area contributed by atoms with E-state index in [0.717, 1.165) is 17.8 Å². The number of carbonyl (C=O) groups excluding carboxylic acids is 1. The lowest BCUT2D eigenvalue weighted by Crippen LogP contribution is -2.06. The van der Waals surface area contributed by atoms with Gasteiger partial charge in [-0.05, 0) is 37.6 Å². The maximum Gasteiger partial charge on any atom is 0.339 e. The highest BCUT2D eigenvalue weighted by Gasteiger charge is 2.10. The number of aryl methyl sites for hydroxylation is 2. The molecule has 0 spiro atoms. The van der Waals surface area contributed by atoms with E-state index < -0.39 is 11.9 Å². The van der Waals surface area contributed by atoms with E-state index >= 15 is 0 Å². The minimum atomic E-state index is -1.11. The van der Waals surface area contributed by atoms with Crippen LogP contribution < -0.4 is 4.74 Å². The van der Waals surface area contributed by atoms with Crippen LogP contribution >= 0.6 is 0 Å². The molecule has 2 N–H and O–H groups in total. The van der Waals surface area contributed by atoms with Crippen LogP contribution in [-0.2, 0) is 11.2 Å². The number of hydrogen-bond acceptors (Lipinski definition) is 5. The molecule has 1 aromatic carbocycles. The number of esters is 1. The molecule has 0 saturated heterocycles. The minimum Gasteiger partial charge on any atom is -0.506 e. The van der Waals surface area contributed by atoms with Gasteiger partial charge in [-0.1, -0.05) is 19.1 Å². The summed E-state index contributed by atoms with van der Waals surface area (Å²) in [6, 6.07) is 9.46. The molecule has 23 heavy (non-hydrogen) atoms. The first kappa shape index (κ1) is 18.2. The molecule has 122 valence electrons. The van der Waals surface area contributed by atoms with E-state index in [1.165, 1.54) is 19.1 Å². The van der Waals surface area contributed by atoms with Crippen LogP contribution in [-0.4, -0.2) is 27.1 Å². The molecule has 0 amide bonds. The van der Waals surface area contributed by atoms with Crippen molar-refractivity contribution in [2.75, 3.05) is 0 Å². The van der Waals surface area contributed by atoms with Gasteiger partial charge in [0.1, 0.15) is 17.1 Å². The first-order valence-corrected chi connectivity index (χ1v) is 7.01. The van der Waals surface area contributed by atoms with E-state index in [-0.39, 0.29) is 11.3 Å². The summed E-state index contributed by atoms with van der Waals surface area (Å²) in [5.74, 6) is -1.28. The molecule has 0 saturated carbocycles. The number of rotatable bonds is 3. The molecule has 1 heterocycles.